The molecule has 0 bridgehead atoms. The molecule has 4 heteroatoms. The maximum Gasteiger partial charge on any atom is 0.121 e. The summed E-state index contributed by atoms with van der Waals surface area (Å²) in [5, 5.41) is 4.30. The predicted molar refractivity (Wildman–Crippen MR) is 74.2 cm³/mol. The molecule has 0 amide bonds. The molecule has 1 N–H and O–H groups in total. The number of halogens is 2. The van der Waals surface area contributed by atoms with Crippen LogP contribution < -0.4 is 10.1 Å². The van der Waals surface area contributed by atoms with Gasteiger partial charge in [-0.05, 0) is 17.7 Å². The van der Waals surface area contributed by atoms with E-state index in [1.807, 2.05) is 0 Å². The molecule has 0 fully saturated rings. The Labute approximate surface area is 113 Å². The molecule has 0 aromatic heterocycles. The lowest BCUT2D eigenvalue weighted by molar-refractivity contribution is 0.347. The molecule has 0 radical (unpaired) electrons. The number of rotatable bonds is 6. The quantitative estimate of drug-likeness (QED) is 0.794. The summed E-state index contributed by atoms with van der Waals surface area (Å²) in [7, 11) is 0. The maximum absolute atomic E-state index is 5.89. The van der Waals surface area contributed by atoms with E-state index in [0.717, 1.165) is 12.1 Å². The fourth-order valence-corrected chi connectivity index (χ4v) is 1.44. The van der Waals surface area contributed by atoms with Crippen molar-refractivity contribution in [2.24, 2.45) is 0 Å². The molecule has 1 aromatic carbocycles. The normalized spacial score (nSPS) is 10.6. The van der Waals surface area contributed by atoms with Crippen LogP contribution in [0.4, 0.5) is 0 Å². The first kappa shape index (κ1) is 14.4. The largest absolute Gasteiger partial charge is 0.489 e. The van der Waals surface area contributed by atoms with Gasteiger partial charge in [0.05, 0.1) is 10.0 Å². The van der Waals surface area contributed by atoms with Gasteiger partial charge in [0.25, 0.3) is 0 Å². The van der Waals surface area contributed by atoms with Gasteiger partial charge in [-0.15, -0.1) is 0 Å². The Morgan fingerprint density at radius 3 is 2.65 bits per heavy atom. The zero-order valence-electron chi connectivity index (χ0n) is 10.1. The van der Waals surface area contributed by atoms with Crippen molar-refractivity contribution in [3.63, 3.8) is 0 Å². The van der Waals surface area contributed by atoms with Crippen molar-refractivity contribution < 1.29 is 4.74 Å². The van der Waals surface area contributed by atoms with E-state index in [4.69, 9.17) is 27.9 Å². The third-order valence-corrected chi connectivity index (χ3v) is 2.83. The molecule has 0 aliphatic heterocycles. The monoisotopic (exact) mass is 273 g/mol. The summed E-state index contributed by atoms with van der Waals surface area (Å²) < 4.78 is 5.55. The Kier molecular flexibility index (Phi) is 5.83. The summed E-state index contributed by atoms with van der Waals surface area (Å²) in [5.41, 5.74) is 0.991. The maximum atomic E-state index is 5.89. The Morgan fingerprint density at radius 1 is 1.35 bits per heavy atom. The minimum atomic E-state index is 0.441. The zero-order valence-corrected chi connectivity index (χ0v) is 11.6. The van der Waals surface area contributed by atoms with Gasteiger partial charge >= 0.3 is 0 Å². The summed E-state index contributed by atoms with van der Waals surface area (Å²) in [6.07, 6.45) is 0. The van der Waals surface area contributed by atoms with E-state index in [-0.39, 0.29) is 0 Å². The molecule has 0 spiro atoms. The van der Waals surface area contributed by atoms with Crippen molar-refractivity contribution in [3.8, 4) is 5.75 Å². The van der Waals surface area contributed by atoms with Crippen LogP contribution in [0.1, 0.15) is 13.8 Å². The molecule has 0 saturated carbocycles. The van der Waals surface area contributed by atoms with Gasteiger partial charge in [0.2, 0.25) is 0 Å². The first-order valence-electron chi connectivity index (χ1n) is 5.47. The van der Waals surface area contributed by atoms with Crippen LogP contribution in [0, 0.1) is 0 Å². The second kappa shape index (κ2) is 6.90. The number of nitrogens with one attached hydrogen (secondary N) is 1. The fourth-order valence-electron chi connectivity index (χ4n) is 1.15. The predicted octanol–water partition coefficient (Wildman–Crippen LogP) is 3.93. The average molecular weight is 274 g/mol. The Bertz CT molecular complexity index is 391. The number of benzene rings is 1. The van der Waals surface area contributed by atoms with Gasteiger partial charge in [-0.3, -0.25) is 0 Å². The third kappa shape index (κ3) is 5.44. The van der Waals surface area contributed by atoms with Crippen molar-refractivity contribution in [1.29, 1.82) is 0 Å². The molecule has 1 aromatic rings. The molecule has 2 nitrogen and oxygen atoms in total. The molecular formula is C13H17Cl2NO. The number of hydrogen-bond donors (Lipinski definition) is 1. The van der Waals surface area contributed by atoms with Gasteiger partial charge in [-0.2, -0.15) is 0 Å². The van der Waals surface area contributed by atoms with Crippen molar-refractivity contribution in [1.82, 2.24) is 5.32 Å². The van der Waals surface area contributed by atoms with Gasteiger partial charge in [-0.25, -0.2) is 0 Å². The van der Waals surface area contributed by atoms with E-state index < -0.39 is 0 Å². The van der Waals surface area contributed by atoms with Crippen LogP contribution in [0.3, 0.4) is 0 Å². The third-order valence-electron chi connectivity index (χ3n) is 2.09. The number of ether oxygens (including phenoxy) is 1. The lowest BCUT2D eigenvalue weighted by Gasteiger charge is -2.12. The lowest BCUT2D eigenvalue weighted by Crippen LogP contribution is -2.26. The second-order valence-electron chi connectivity index (χ2n) is 4.15. The van der Waals surface area contributed by atoms with E-state index in [1.54, 1.807) is 18.2 Å². The molecule has 0 unspecified atom stereocenters. The van der Waals surface area contributed by atoms with Crippen LogP contribution in [-0.4, -0.2) is 19.2 Å². The molecular weight excluding hydrogens is 257 g/mol. The minimum absolute atomic E-state index is 0.441. The first-order chi connectivity index (χ1) is 7.99. The Morgan fingerprint density at radius 2 is 2.06 bits per heavy atom. The van der Waals surface area contributed by atoms with Crippen LogP contribution in [0.25, 0.3) is 0 Å². The van der Waals surface area contributed by atoms with Gasteiger partial charge in [-0.1, -0.05) is 43.6 Å². The highest BCUT2D eigenvalue weighted by Crippen LogP contribution is 2.26. The summed E-state index contributed by atoms with van der Waals surface area (Å²) in [5.74, 6) is 0.699. The SMILES string of the molecule is C=C(CNC(C)C)COc1ccc(Cl)c(Cl)c1. The van der Waals surface area contributed by atoms with Crippen molar-refractivity contribution >= 4 is 23.2 Å². The van der Waals surface area contributed by atoms with Gasteiger partial charge in [0, 0.05) is 18.7 Å². The highest BCUT2D eigenvalue weighted by atomic mass is 35.5. The second-order valence-corrected chi connectivity index (χ2v) is 4.96. The molecule has 0 aliphatic rings. The summed E-state index contributed by atoms with van der Waals surface area (Å²) in [6.45, 7) is 9.33. The molecule has 1 rings (SSSR count). The fraction of sp³-hybridized carbons (Fsp3) is 0.385. The van der Waals surface area contributed by atoms with E-state index in [9.17, 15) is 0 Å². The smallest absolute Gasteiger partial charge is 0.121 e. The van der Waals surface area contributed by atoms with Crippen LogP contribution >= 0.6 is 23.2 Å². The van der Waals surface area contributed by atoms with Crippen molar-refractivity contribution in [3.05, 3.63) is 40.4 Å². The van der Waals surface area contributed by atoms with E-state index >= 15 is 0 Å². The summed E-state index contributed by atoms with van der Waals surface area (Å²) in [4.78, 5) is 0. The number of hydrogen-bond acceptors (Lipinski definition) is 2. The standard InChI is InChI=1S/C13H17Cl2NO/c1-9(2)16-7-10(3)8-17-11-4-5-12(14)13(15)6-11/h4-6,9,16H,3,7-8H2,1-2H3. The van der Waals surface area contributed by atoms with Crippen molar-refractivity contribution in [2.45, 2.75) is 19.9 Å². The topological polar surface area (TPSA) is 21.3 Å². The highest BCUT2D eigenvalue weighted by Gasteiger charge is 2.02. The molecule has 17 heavy (non-hydrogen) atoms. The van der Waals surface area contributed by atoms with E-state index in [1.165, 1.54) is 0 Å². The minimum Gasteiger partial charge on any atom is -0.489 e. The molecule has 0 atom stereocenters. The van der Waals surface area contributed by atoms with Gasteiger partial charge in [0.15, 0.2) is 0 Å². The van der Waals surface area contributed by atoms with E-state index in [0.29, 0.717) is 28.4 Å². The lowest BCUT2D eigenvalue weighted by atomic mass is 10.3. The van der Waals surface area contributed by atoms with Crippen molar-refractivity contribution in [2.75, 3.05) is 13.2 Å². The molecule has 94 valence electrons. The first-order valence-corrected chi connectivity index (χ1v) is 6.22. The Hall–Kier alpha value is -0.700. The summed E-state index contributed by atoms with van der Waals surface area (Å²) in [6, 6.07) is 5.65. The van der Waals surface area contributed by atoms with Gasteiger partial charge in [0.1, 0.15) is 12.4 Å². The van der Waals surface area contributed by atoms with Crippen LogP contribution in [0.5, 0.6) is 5.75 Å². The van der Waals surface area contributed by atoms with Crippen LogP contribution in [-0.2, 0) is 0 Å². The summed E-state index contributed by atoms with van der Waals surface area (Å²) >= 11 is 11.7. The molecule has 0 saturated heterocycles. The zero-order chi connectivity index (χ0) is 12.8. The van der Waals surface area contributed by atoms with Crippen LogP contribution in [0.15, 0.2) is 30.4 Å². The van der Waals surface area contributed by atoms with E-state index in [2.05, 4.69) is 25.7 Å². The van der Waals surface area contributed by atoms with Gasteiger partial charge < -0.3 is 10.1 Å². The highest BCUT2D eigenvalue weighted by molar-refractivity contribution is 6.42. The molecule has 0 heterocycles. The molecule has 0 aliphatic carbocycles. The Balaban J connectivity index is 2.39. The average Bonchev–Trinajstić information content (AvgIpc) is 2.28. The van der Waals surface area contributed by atoms with Crippen LogP contribution in [0.2, 0.25) is 10.0 Å².